The number of carbonyl (C=O) groups is 2. The number of rotatable bonds is 3. The van der Waals surface area contributed by atoms with Crippen molar-refractivity contribution in [2.75, 3.05) is 0 Å². The van der Waals surface area contributed by atoms with Gasteiger partial charge in [-0.15, -0.1) is 0 Å². The van der Waals surface area contributed by atoms with Crippen molar-refractivity contribution in [3.05, 3.63) is 70.8 Å². The van der Waals surface area contributed by atoms with Gasteiger partial charge in [0.05, 0.1) is 6.42 Å². The second-order valence-corrected chi connectivity index (χ2v) is 4.97. The molecule has 2 rings (SSSR count). The lowest BCUT2D eigenvalue weighted by molar-refractivity contribution is -0.121. The predicted octanol–water partition coefficient (Wildman–Crippen LogP) is 2.31. The molecule has 108 valence electrons. The van der Waals surface area contributed by atoms with Gasteiger partial charge in [0.2, 0.25) is 5.91 Å². The third-order valence-electron chi connectivity index (χ3n) is 3.24. The van der Waals surface area contributed by atoms with Gasteiger partial charge in [0.25, 0.3) is 5.91 Å². The molecule has 0 radical (unpaired) electrons. The standard InChI is InChI=1S/C17H18N2O2/c1-12-7-9-14(10-8-12)17(21)19-18-16(20)11-15-6-4-3-5-13(15)2/h3-10H,11H2,1-2H3,(H,18,20)(H,19,21). The minimum atomic E-state index is -0.326. The maximum atomic E-state index is 11.9. The Kier molecular flexibility index (Phi) is 4.72. The molecule has 0 atom stereocenters. The molecule has 0 aliphatic rings. The molecule has 0 bridgehead atoms. The number of hydrazine groups is 1. The van der Waals surface area contributed by atoms with Crippen LogP contribution in [0.15, 0.2) is 48.5 Å². The second kappa shape index (κ2) is 6.70. The Labute approximate surface area is 124 Å². The van der Waals surface area contributed by atoms with E-state index in [0.29, 0.717) is 5.56 Å². The van der Waals surface area contributed by atoms with Gasteiger partial charge in [-0.3, -0.25) is 20.4 Å². The third-order valence-corrected chi connectivity index (χ3v) is 3.24. The van der Waals surface area contributed by atoms with E-state index in [2.05, 4.69) is 10.9 Å². The third kappa shape index (κ3) is 4.18. The number of nitrogens with one attached hydrogen (secondary N) is 2. The van der Waals surface area contributed by atoms with Crippen LogP contribution >= 0.6 is 0 Å². The van der Waals surface area contributed by atoms with Crippen molar-refractivity contribution in [1.82, 2.24) is 10.9 Å². The monoisotopic (exact) mass is 282 g/mol. The zero-order chi connectivity index (χ0) is 15.2. The van der Waals surface area contributed by atoms with Gasteiger partial charge in [-0.1, -0.05) is 42.0 Å². The van der Waals surface area contributed by atoms with Crippen molar-refractivity contribution in [2.24, 2.45) is 0 Å². The largest absolute Gasteiger partial charge is 0.273 e. The summed E-state index contributed by atoms with van der Waals surface area (Å²) in [6.45, 7) is 3.90. The Balaban J connectivity index is 1.88. The van der Waals surface area contributed by atoms with Crippen molar-refractivity contribution in [2.45, 2.75) is 20.3 Å². The quantitative estimate of drug-likeness (QED) is 0.849. The Morgan fingerprint density at radius 3 is 2.24 bits per heavy atom. The molecule has 0 aliphatic carbocycles. The summed E-state index contributed by atoms with van der Waals surface area (Å²) >= 11 is 0. The van der Waals surface area contributed by atoms with Crippen molar-refractivity contribution in [1.29, 1.82) is 0 Å². The molecular weight excluding hydrogens is 264 g/mol. The molecule has 2 aromatic carbocycles. The maximum Gasteiger partial charge on any atom is 0.269 e. The van der Waals surface area contributed by atoms with Gasteiger partial charge in [-0.05, 0) is 37.1 Å². The zero-order valence-electron chi connectivity index (χ0n) is 12.1. The van der Waals surface area contributed by atoms with Crippen LogP contribution in [-0.2, 0) is 11.2 Å². The highest BCUT2D eigenvalue weighted by atomic mass is 16.2. The summed E-state index contributed by atoms with van der Waals surface area (Å²) < 4.78 is 0. The fraction of sp³-hybridized carbons (Fsp3) is 0.176. The number of hydrogen-bond donors (Lipinski definition) is 2. The highest BCUT2D eigenvalue weighted by molar-refractivity contribution is 5.95. The first-order valence-electron chi connectivity index (χ1n) is 6.76. The number of benzene rings is 2. The molecule has 0 aliphatic heterocycles. The smallest absolute Gasteiger partial charge is 0.269 e. The zero-order valence-corrected chi connectivity index (χ0v) is 12.1. The Morgan fingerprint density at radius 2 is 1.57 bits per heavy atom. The van der Waals surface area contributed by atoms with E-state index < -0.39 is 0 Å². The molecule has 2 aromatic rings. The normalized spacial score (nSPS) is 10.0. The van der Waals surface area contributed by atoms with E-state index in [0.717, 1.165) is 16.7 Å². The number of carbonyl (C=O) groups excluding carboxylic acids is 2. The van der Waals surface area contributed by atoms with Crippen LogP contribution in [0.3, 0.4) is 0 Å². The lowest BCUT2D eigenvalue weighted by Crippen LogP contribution is -2.42. The summed E-state index contributed by atoms with van der Waals surface area (Å²) in [6, 6.07) is 14.8. The molecule has 4 heteroatoms. The lowest BCUT2D eigenvalue weighted by Gasteiger charge is -2.09. The SMILES string of the molecule is Cc1ccc(C(=O)NNC(=O)Cc2ccccc2C)cc1. The molecule has 2 N–H and O–H groups in total. The van der Waals surface area contributed by atoms with E-state index in [1.165, 1.54) is 0 Å². The average Bonchev–Trinajstić information content (AvgIpc) is 2.48. The molecule has 0 saturated heterocycles. The molecule has 0 saturated carbocycles. The predicted molar refractivity (Wildman–Crippen MR) is 81.7 cm³/mol. The van der Waals surface area contributed by atoms with E-state index in [9.17, 15) is 9.59 Å². The van der Waals surface area contributed by atoms with Crippen LogP contribution in [0.4, 0.5) is 0 Å². The summed E-state index contributed by atoms with van der Waals surface area (Å²) in [5, 5.41) is 0. The maximum absolute atomic E-state index is 11.9. The van der Waals surface area contributed by atoms with Crippen LogP contribution in [0.5, 0.6) is 0 Å². The summed E-state index contributed by atoms with van der Waals surface area (Å²) in [5.74, 6) is -0.571. The van der Waals surface area contributed by atoms with Gasteiger partial charge >= 0.3 is 0 Å². The van der Waals surface area contributed by atoms with Crippen LogP contribution in [0.1, 0.15) is 27.0 Å². The van der Waals surface area contributed by atoms with Crippen molar-refractivity contribution in [3.63, 3.8) is 0 Å². The van der Waals surface area contributed by atoms with E-state index in [1.54, 1.807) is 12.1 Å². The van der Waals surface area contributed by atoms with Gasteiger partial charge in [0, 0.05) is 5.56 Å². The molecule has 21 heavy (non-hydrogen) atoms. The first kappa shape index (κ1) is 14.8. The van der Waals surface area contributed by atoms with E-state index in [-0.39, 0.29) is 18.2 Å². The minimum Gasteiger partial charge on any atom is -0.273 e. The van der Waals surface area contributed by atoms with Crippen molar-refractivity contribution >= 4 is 11.8 Å². The van der Waals surface area contributed by atoms with Crippen molar-refractivity contribution < 1.29 is 9.59 Å². The van der Waals surface area contributed by atoms with Gasteiger partial charge in [-0.2, -0.15) is 0 Å². The Bertz CT molecular complexity index is 648. The minimum absolute atomic E-state index is 0.237. The lowest BCUT2D eigenvalue weighted by atomic mass is 10.1. The van der Waals surface area contributed by atoms with E-state index in [4.69, 9.17) is 0 Å². The molecule has 4 nitrogen and oxygen atoms in total. The molecule has 0 heterocycles. The van der Waals surface area contributed by atoms with Gasteiger partial charge in [0.15, 0.2) is 0 Å². The topological polar surface area (TPSA) is 58.2 Å². The number of aryl methyl sites for hydroxylation is 2. The van der Waals surface area contributed by atoms with Gasteiger partial charge in [0.1, 0.15) is 0 Å². The number of amides is 2. The fourth-order valence-electron chi connectivity index (χ4n) is 1.93. The van der Waals surface area contributed by atoms with Crippen LogP contribution in [0.25, 0.3) is 0 Å². The molecule has 0 unspecified atom stereocenters. The summed E-state index contributed by atoms with van der Waals surface area (Å²) in [5.41, 5.74) is 8.44. The van der Waals surface area contributed by atoms with Crippen LogP contribution in [0, 0.1) is 13.8 Å². The first-order chi connectivity index (χ1) is 10.1. The van der Waals surface area contributed by atoms with Crippen LogP contribution in [-0.4, -0.2) is 11.8 Å². The Hall–Kier alpha value is -2.62. The van der Waals surface area contributed by atoms with E-state index in [1.807, 2.05) is 50.2 Å². The van der Waals surface area contributed by atoms with Gasteiger partial charge < -0.3 is 0 Å². The number of hydrogen-bond acceptors (Lipinski definition) is 2. The summed E-state index contributed by atoms with van der Waals surface area (Å²) in [7, 11) is 0. The van der Waals surface area contributed by atoms with E-state index >= 15 is 0 Å². The molecule has 2 amide bonds. The summed E-state index contributed by atoms with van der Waals surface area (Å²) in [6.07, 6.45) is 0.237. The second-order valence-electron chi connectivity index (χ2n) is 4.97. The molecule has 0 spiro atoms. The highest BCUT2D eigenvalue weighted by Gasteiger charge is 2.08. The van der Waals surface area contributed by atoms with Crippen LogP contribution in [0.2, 0.25) is 0 Å². The summed E-state index contributed by atoms with van der Waals surface area (Å²) in [4.78, 5) is 23.7. The average molecular weight is 282 g/mol. The van der Waals surface area contributed by atoms with Crippen LogP contribution < -0.4 is 10.9 Å². The molecule has 0 fully saturated rings. The fourth-order valence-corrected chi connectivity index (χ4v) is 1.93. The first-order valence-corrected chi connectivity index (χ1v) is 6.76. The highest BCUT2D eigenvalue weighted by Crippen LogP contribution is 2.07. The van der Waals surface area contributed by atoms with Crippen molar-refractivity contribution in [3.8, 4) is 0 Å². The van der Waals surface area contributed by atoms with Gasteiger partial charge in [-0.25, -0.2) is 0 Å². The molecule has 0 aromatic heterocycles. The Morgan fingerprint density at radius 1 is 0.905 bits per heavy atom. The molecular formula is C17H18N2O2.